The van der Waals surface area contributed by atoms with Crippen molar-refractivity contribution < 1.29 is 19.2 Å². The maximum absolute atomic E-state index is 12.8. The number of benzene rings is 2. The highest BCUT2D eigenvalue weighted by molar-refractivity contribution is 6.33. The number of nitrogens with zero attached hydrogens (tertiary/aromatic N) is 3. The molecule has 1 N–H and O–H groups in total. The zero-order valence-electron chi connectivity index (χ0n) is 16.9. The molecule has 1 amide bonds. The van der Waals surface area contributed by atoms with E-state index in [0.29, 0.717) is 22.3 Å². The van der Waals surface area contributed by atoms with E-state index in [1.54, 1.807) is 54.7 Å². The van der Waals surface area contributed by atoms with Crippen LogP contribution in [0.5, 0.6) is 0 Å². The van der Waals surface area contributed by atoms with Crippen molar-refractivity contribution in [2.24, 2.45) is 0 Å². The number of nitro groups is 1. The van der Waals surface area contributed by atoms with Crippen LogP contribution in [0.25, 0.3) is 22.3 Å². The van der Waals surface area contributed by atoms with Crippen molar-refractivity contribution in [3.05, 3.63) is 93.6 Å². The van der Waals surface area contributed by atoms with Gasteiger partial charge in [-0.2, -0.15) is 0 Å². The molecule has 9 nitrogen and oxygen atoms in total. The highest BCUT2D eigenvalue weighted by atomic mass is 35.5. The number of halogens is 1. The summed E-state index contributed by atoms with van der Waals surface area (Å²) >= 11 is 5.99. The number of pyridine rings is 2. The van der Waals surface area contributed by atoms with E-state index in [-0.39, 0.29) is 22.0 Å². The Hall–Kier alpha value is -4.37. The van der Waals surface area contributed by atoms with E-state index in [4.69, 9.17) is 16.3 Å². The van der Waals surface area contributed by atoms with E-state index >= 15 is 0 Å². The summed E-state index contributed by atoms with van der Waals surface area (Å²) in [5.74, 6) is -1.43. The number of aromatic nitrogens is 2. The van der Waals surface area contributed by atoms with Gasteiger partial charge in [0.05, 0.1) is 38.1 Å². The zero-order valence-corrected chi connectivity index (χ0v) is 17.7. The average molecular weight is 463 g/mol. The molecular formula is C23H15ClN4O5. The van der Waals surface area contributed by atoms with E-state index in [9.17, 15) is 19.7 Å². The number of esters is 1. The molecule has 0 spiro atoms. The third kappa shape index (κ3) is 4.94. The summed E-state index contributed by atoms with van der Waals surface area (Å²) in [4.78, 5) is 44.3. The van der Waals surface area contributed by atoms with Gasteiger partial charge in [0.25, 0.3) is 11.6 Å². The minimum atomic E-state index is -0.730. The van der Waals surface area contributed by atoms with E-state index in [1.807, 2.05) is 0 Å². The Bertz CT molecular complexity index is 1380. The van der Waals surface area contributed by atoms with Gasteiger partial charge in [0.1, 0.15) is 0 Å². The Morgan fingerprint density at radius 1 is 1.03 bits per heavy atom. The summed E-state index contributed by atoms with van der Waals surface area (Å²) in [6.07, 6.45) is 1.62. The van der Waals surface area contributed by atoms with Gasteiger partial charge in [0.2, 0.25) is 0 Å². The first-order valence-corrected chi connectivity index (χ1v) is 10.0. The monoisotopic (exact) mass is 462 g/mol. The first-order valence-electron chi connectivity index (χ1n) is 9.64. The normalized spacial score (nSPS) is 10.6. The van der Waals surface area contributed by atoms with Crippen LogP contribution < -0.4 is 5.32 Å². The number of carbonyl (C=O) groups excluding carboxylic acids is 2. The van der Waals surface area contributed by atoms with Crippen molar-refractivity contribution in [3.63, 3.8) is 0 Å². The molecule has 0 aliphatic carbocycles. The molecule has 2 aromatic carbocycles. The van der Waals surface area contributed by atoms with Crippen LogP contribution in [-0.2, 0) is 9.53 Å². The van der Waals surface area contributed by atoms with Gasteiger partial charge < -0.3 is 10.1 Å². The van der Waals surface area contributed by atoms with Crippen LogP contribution >= 0.6 is 11.6 Å². The number of nitrogens with one attached hydrogen (secondary N) is 1. The lowest BCUT2D eigenvalue weighted by Crippen LogP contribution is -2.21. The number of amides is 1. The van der Waals surface area contributed by atoms with Crippen LogP contribution in [0.4, 0.5) is 11.4 Å². The fourth-order valence-corrected chi connectivity index (χ4v) is 3.27. The minimum Gasteiger partial charge on any atom is -0.452 e. The molecule has 0 saturated carbocycles. The summed E-state index contributed by atoms with van der Waals surface area (Å²) in [7, 11) is 0. The molecule has 0 atom stereocenters. The second kappa shape index (κ2) is 9.41. The van der Waals surface area contributed by atoms with Gasteiger partial charge >= 0.3 is 5.97 Å². The van der Waals surface area contributed by atoms with E-state index < -0.39 is 23.4 Å². The summed E-state index contributed by atoms with van der Waals surface area (Å²) in [5, 5.41) is 14.0. The Balaban J connectivity index is 1.54. The van der Waals surface area contributed by atoms with Crippen molar-refractivity contribution in [2.75, 3.05) is 11.9 Å². The topological polar surface area (TPSA) is 124 Å². The third-order valence-electron chi connectivity index (χ3n) is 4.63. The smallest absolute Gasteiger partial charge is 0.339 e. The lowest BCUT2D eigenvalue weighted by molar-refractivity contribution is -0.384. The molecule has 10 heteroatoms. The molecule has 0 unspecified atom stereocenters. The number of hydrogen-bond acceptors (Lipinski definition) is 7. The summed E-state index contributed by atoms with van der Waals surface area (Å²) in [6, 6.07) is 17.6. The van der Waals surface area contributed by atoms with Crippen molar-refractivity contribution in [2.45, 2.75) is 0 Å². The molecule has 4 aromatic rings. The van der Waals surface area contributed by atoms with Gasteiger partial charge in [-0.3, -0.25) is 19.9 Å². The highest BCUT2D eigenvalue weighted by Gasteiger charge is 2.18. The minimum absolute atomic E-state index is 0.0405. The summed E-state index contributed by atoms with van der Waals surface area (Å²) in [6.45, 7) is -0.618. The third-order valence-corrected chi connectivity index (χ3v) is 4.96. The Labute approximate surface area is 192 Å². The SMILES string of the molecule is O=C(COC(=O)c1cc(-c2ccccn2)nc2ccccc12)Nc1cc([N+](=O)[O-])ccc1Cl. The number of anilines is 1. The van der Waals surface area contributed by atoms with Gasteiger partial charge in [-0.1, -0.05) is 35.9 Å². The van der Waals surface area contributed by atoms with Crippen molar-refractivity contribution in [1.82, 2.24) is 9.97 Å². The van der Waals surface area contributed by atoms with Crippen molar-refractivity contribution >= 4 is 45.8 Å². The Kier molecular flexibility index (Phi) is 6.23. The molecule has 33 heavy (non-hydrogen) atoms. The summed E-state index contributed by atoms with van der Waals surface area (Å²) in [5.41, 5.74) is 1.66. The van der Waals surface area contributed by atoms with Crippen molar-refractivity contribution in [3.8, 4) is 11.4 Å². The first kappa shape index (κ1) is 21.8. The number of carbonyl (C=O) groups is 2. The van der Waals surface area contributed by atoms with Crippen LogP contribution in [-0.4, -0.2) is 33.4 Å². The first-order chi connectivity index (χ1) is 15.9. The number of nitro benzene ring substituents is 1. The second-order valence-corrected chi connectivity index (χ2v) is 7.24. The molecular weight excluding hydrogens is 448 g/mol. The quantitative estimate of drug-likeness (QED) is 0.251. The Morgan fingerprint density at radius 2 is 1.82 bits per heavy atom. The lowest BCUT2D eigenvalue weighted by atomic mass is 10.1. The number of hydrogen-bond donors (Lipinski definition) is 1. The molecule has 4 rings (SSSR count). The number of rotatable bonds is 6. The number of non-ortho nitro benzene ring substituents is 1. The maximum Gasteiger partial charge on any atom is 0.339 e. The standard InChI is InChI=1S/C23H15ClN4O5/c24-17-9-8-14(28(31)32)11-20(17)27-22(29)13-33-23(30)16-12-21(19-7-3-4-10-25-19)26-18-6-2-1-5-15(16)18/h1-12H,13H2,(H,27,29). The van der Waals surface area contributed by atoms with E-state index in [0.717, 1.165) is 6.07 Å². The molecule has 0 bridgehead atoms. The van der Waals surface area contributed by atoms with Gasteiger partial charge in [0, 0.05) is 23.7 Å². The zero-order chi connectivity index (χ0) is 23.4. The Morgan fingerprint density at radius 3 is 2.58 bits per heavy atom. The molecule has 2 aromatic heterocycles. The van der Waals surface area contributed by atoms with Crippen LogP contribution in [0.1, 0.15) is 10.4 Å². The van der Waals surface area contributed by atoms with E-state index in [1.165, 1.54) is 12.1 Å². The molecule has 2 heterocycles. The molecule has 0 aliphatic heterocycles. The molecule has 0 aliphatic rings. The fraction of sp³-hybridized carbons (Fsp3) is 0.0435. The maximum atomic E-state index is 12.8. The van der Waals surface area contributed by atoms with Crippen molar-refractivity contribution in [1.29, 1.82) is 0 Å². The molecule has 0 fully saturated rings. The number of fused-ring (bicyclic) bond motifs is 1. The van der Waals surface area contributed by atoms with Crippen LogP contribution in [0.15, 0.2) is 72.9 Å². The number of para-hydroxylation sites is 1. The van der Waals surface area contributed by atoms with E-state index in [2.05, 4.69) is 15.3 Å². The average Bonchev–Trinajstić information content (AvgIpc) is 2.83. The lowest BCUT2D eigenvalue weighted by Gasteiger charge is -2.10. The summed E-state index contributed by atoms with van der Waals surface area (Å²) < 4.78 is 5.20. The number of ether oxygens (including phenoxy) is 1. The van der Waals surface area contributed by atoms with Gasteiger partial charge in [-0.15, -0.1) is 0 Å². The van der Waals surface area contributed by atoms with Gasteiger partial charge in [0.15, 0.2) is 6.61 Å². The molecule has 0 radical (unpaired) electrons. The van der Waals surface area contributed by atoms with Crippen LogP contribution in [0, 0.1) is 10.1 Å². The molecule has 0 saturated heterocycles. The van der Waals surface area contributed by atoms with Crippen LogP contribution in [0.3, 0.4) is 0 Å². The predicted molar refractivity (Wildman–Crippen MR) is 122 cm³/mol. The highest BCUT2D eigenvalue weighted by Crippen LogP contribution is 2.27. The van der Waals surface area contributed by atoms with Gasteiger partial charge in [-0.05, 0) is 30.3 Å². The molecule has 164 valence electrons. The largest absolute Gasteiger partial charge is 0.452 e. The predicted octanol–water partition coefficient (Wildman–Crippen LogP) is 4.65. The fourth-order valence-electron chi connectivity index (χ4n) is 3.11. The van der Waals surface area contributed by atoms with Gasteiger partial charge in [-0.25, -0.2) is 9.78 Å². The second-order valence-electron chi connectivity index (χ2n) is 6.83. The van der Waals surface area contributed by atoms with Crippen LogP contribution in [0.2, 0.25) is 5.02 Å².